The molecule has 2 rings (SSSR count). The van der Waals surface area contributed by atoms with Gasteiger partial charge in [0.2, 0.25) is 5.91 Å². The molecule has 0 unspecified atom stereocenters. The number of primary amides is 1. The molecule has 3 nitrogen and oxygen atoms in total. The van der Waals surface area contributed by atoms with Crippen molar-refractivity contribution in [3.63, 3.8) is 0 Å². The van der Waals surface area contributed by atoms with Gasteiger partial charge in [-0.15, -0.1) is 0 Å². The van der Waals surface area contributed by atoms with Crippen LogP contribution in [0.1, 0.15) is 31.2 Å². The molecule has 2 N–H and O–H groups in total. The fourth-order valence-corrected chi connectivity index (χ4v) is 2.07. The number of rotatable bonds is 4. The van der Waals surface area contributed by atoms with Gasteiger partial charge in [-0.1, -0.05) is 12.1 Å². The van der Waals surface area contributed by atoms with E-state index in [9.17, 15) is 4.79 Å². The smallest absolute Gasteiger partial charge is 0.241 e. The van der Waals surface area contributed by atoms with Gasteiger partial charge in [0.05, 0.1) is 6.10 Å². The van der Waals surface area contributed by atoms with E-state index in [1.807, 2.05) is 24.3 Å². The molecule has 1 fully saturated rings. The Bertz CT molecular complexity index is 420. The van der Waals surface area contributed by atoms with Crippen LogP contribution in [0.25, 0.3) is 6.08 Å². The van der Waals surface area contributed by atoms with Crippen LogP contribution in [0.4, 0.5) is 0 Å². The van der Waals surface area contributed by atoms with E-state index in [1.165, 1.54) is 18.9 Å². The van der Waals surface area contributed by atoms with E-state index in [0.717, 1.165) is 24.2 Å². The summed E-state index contributed by atoms with van der Waals surface area (Å²) in [6.07, 6.45) is 8.20. The first-order valence-electron chi connectivity index (χ1n) is 5.98. The van der Waals surface area contributed by atoms with Gasteiger partial charge < -0.3 is 10.5 Å². The van der Waals surface area contributed by atoms with Crippen LogP contribution in [-0.2, 0) is 4.79 Å². The molecule has 1 aromatic rings. The quantitative estimate of drug-likeness (QED) is 0.809. The molecule has 0 aromatic heterocycles. The van der Waals surface area contributed by atoms with Crippen LogP contribution in [0, 0.1) is 0 Å². The van der Waals surface area contributed by atoms with Crippen molar-refractivity contribution in [2.45, 2.75) is 31.8 Å². The van der Waals surface area contributed by atoms with E-state index in [2.05, 4.69) is 0 Å². The Balaban J connectivity index is 2.02. The molecule has 0 saturated heterocycles. The Kier molecular flexibility index (Phi) is 3.81. The number of benzene rings is 1. The van der Waals surface area contributed by atoms with Crippen LogP contribution < -0.4 is 10.5 Å². The summed E-state index contributed by atoms with van der Waals surface area (Å²) in [7, 11) is 0. The third kappa shape index (κ3) is 3.63. The van der Waals surface area contributed by atoms with Gasteiger partial charge >= 0.3 is 0 Å². The maximum absolute atomic E-state index is 10.6. The molecule has 0 atom stereocenters. The van der Waals surface area contributed by atoms with Crippen molar-refractivity contribution in [3.05, 3.63) is 35.9 Å². The topological polar surface area (TPSA) is 52.3 Å². The standard InChI is InChI=1S/C14H17NO2/c15-14(16)9-8-11-4-3-7-13(10-11)17-12-5-1-2-6-12/h3-4,7-10,12H,1-2,5-6H2,(H2,15,16)/b9-8+. The molecule has 1 aromatic carbocycles. The van der Waals surface area contributed by atoms with Crippen molar-refractivity contribution in [2.75, 3.05) is 0 Å². The van der Waals surface area contributed by atoms with E-state index in [1.54, 1.807) is 6.08 Å². The fraction of sp³-hybridized carbons (Fsp3) is 0.357. The summed E-state index contributed by atoms with van der Waals surface area (Å²) in [6.45, 7) is 0. The van der Waals surface area contributed by atoms with Gasteiger partial charge in [-0.25, -0.2) is 0 Å². The van der Waals surface area contributed by atoms with E-state index in [4.69, 9.17) is 10.5 Å². The first-order valence-corrected chi connectivity index (χ1v) is 5.98. The lowest BCUT2D eigenvalue weighted by Gasteiger charge is -2.13. The summed E-state index contributed by atoms with van der Waals surface area (Å²) in [4.78, 5) is 10.6. The summed E-state index contributed by atoms with van der Waals surface area (Å²) in [6, 6.07) is 7.71. The highest BCUT2D eigenvalue weighted by Gasteiger charge is 2.16. The van der Waals surface area contributed by atoms with Crippen molar-refractivity contribution >= 4 is 12.0 Å². The molecule has 90 valence electrons. The lowest BCUT2D eigenvalue weighted by atomic mass is 10.2. The molecule has 0 spiro atoms. The Hall–Kier alpha value is -1.77. The third-order valence-electron chi connectivity index (χ3n) is 2.90. The number of hydrogen-bond acceptors (Lipinski definition) is 2. The van der Waals surface area contributed by atoms with Crippen molar-refractivity contribution in [1.82, 2.24) is 0 Å². The highest BCUT2D eigenvalue weighted by atomic mass is 16.5. The second kappa shape index (κ2) is 5.53. The van der Waals surface area contributed by atoms with Gasteiger partial charge in [0.15, 0.2) is 0 Å². The zero-order valence-electron chi connectivity index (χ0n) is 9.76. The molecular weight excluding hydrogens is 214 g/mol. The second-order valence-corrected chi connectivity index (χ2v) is 4.33. The summed E-state index contributed by atoms with van der Waals surface area (Å²) >= 11 is 0. The minimum Gasteiger partial charge on any atom is -0.490 e. The lowest BCUT2D eigenvalue weighted by molar-refractivity contribution is -0.113. The van der Waals surface area contributed by atoms with Crippen molar-refractivity contribution < 1.29 is 9.53 Å². The van der Waals surface area contributed by atoms with Crippen LogP contribution in [0.2, 0.25) is 0 Å². The molecule has 0 bridgehead atoms. The minimum atomic E-state index is -0.438. The van der Waals surface area contributed by atoms with Crippen LogP contribution in [0.5, 0.6) is 5.75 Å². The predicted octanol–water partition coefficient (Wildman–Crippen LogP) is 2.51. The second-order valence-electron chi connectivity index (χ2n) is 4.33. The Labute approximate surface area is 101 Å². The van der Waals surface area contributed by atoms with E-state index in [0.29, 0.717) is 6.10 Å². The minimum absolute atomic E-state index is 0.352. The van der Waals surface area contributed by atoms with Crippen LogP contribution in [0.3, 0.4) is 0 Å². The van der Waals surface area contributed by atoms with Gasteiger partial charge in [-0.05, 0) is 49.5 Å². The van der Waals surface area contributed by atoms with Gasteiger partial charge in [0.1, 0.15) is 5.75 Å². The molecular formula is C14H17NO2. The molecule has 17 heavy (non-hydrogen) atoms. The summed E-state index contributed by atoms with van der Waals surface area (Å²) in [5.41, 5.74) is 5.98. The SMILES string of the molecule is NC(=O)/C=C/c1cccc(OC2CCCC2)c1. The number of carbonyl (C=O) groups is 1. The largest absolute Gasteiger partial charge is 0.490 e. The summed E-state index contributed by atoms with van der Waals surface area (Å²) in [5.74, 6) is 0.427. The zero-order valence-corrected chi connectivity index (χ0v) is 9.76. The fourth-order valence-electron chi connectivity index (χ4n) is 2.07. The first kappa shape index (κ1) is 11.7. The van der Waals surface area contributed by atoms with E-state index < -0.39 is 5.91 Å². The Morgan fingerprint density at radius 3 is 2.82 bits per heavy atom. The number of nitrogens with two attached hydrogens (primary N) is 1. The maximum Gasteiger partial charge on any atom is 0.241 e. The monoisotopic (exact) mass is 231 g/mol. The number of amides is 1. The molecule has 3 heteroatoms. The normalized spacial score (nSPS) is 16.5. The average molecular weight is 231 g/mol. The number of carbonyl (C=O) groups excluding carboxylic acids is 1. The van der Waals surface area contributed by atoms with Crippen molar-refractivity contribution in [2.24, 2.45) is 5.73 Å². The molecule has 0 heterocycles. The predicted molar refractivity (Wildman–Crippen MR) is 67.6 cm³/mol. The molecule has 1 aliphatic rings. The number of ether oxygens (including phenoxy) is 1. The van der Waals surface area contributed by atoms with Crippen molar-refractivity contribution in [3.8, 4) is 5.75 Å². The Morgan fingerprint density at radius 2 is 2.12 bits per heavy atom. The maximum atomic E-state index is 10.6. The van der Waals surface area contributed by atoms with Gasteiger partial charge in [0, 0.05) is 6.08 Å². The molecule has 1 aliphatic carbocycles. The van der Waals surface area contributed by atoms with Gasteiger partial charge in [0.25, 0.3) is 0 Å². The molecule has 1 saturated carbocycles. The van der Waals surface area contributed by atoms with Crippen LogP contribution in [0.15, 0.2) is 30.3 Å². The highest BCUT2D eigenvalue weighted by molar-refractivity contribution is 5.90. The van der Waals surface area contributed by atoms with Gasteiger partial charge in [-0.2, -0.15) is 0 Å². The van der Waals surface area contributed by atoms with Crippen molar-refractivity contribution in [1.29, 1.82) is 0 Å². The summed E-state index contributed by atoms with van der Waals surface area (Å²) < 4.78 is 5.87. The first-order chi connectivity index (χ1) is 8.24. The van der Waals surface area contributed by atoms with Crippen LogP contribution >= 0.6 is 0 Å². The van der Waals surface area contributed by atoms with Crippen LogP contribution in [-0.4, -0.2) is 12.0 Å². The highest BCUT2D eigenvalue weighted by Crippen LogP contribution is 2.24. The lowest BCUT2D eigenvalue weighted by Crippen LogP contribution is -2.10. The Morgan fingerprint density at radius 1 is 1.35 bits per heavy atom. The molecule has 1 amide bonds. The average Bonchev–Trinajstić information content (AvgIpc) is 2.80. The molecule has 0 radical (unpaired) electrons. The molecule has 0 aliphatic heterocycles. The van der Waals surface area contributed by atoms with Gasteiger partial charge in [-0.3, -0.25) is 4.79 Å². The number of hydrogen-bond donors (Lipinski definition) is 1. The summed E-state index contributed by atoms with van der Waals surface area (Å²) in [5, 5.41) is 0. The third-order valence-corrected chi connectivity index (χ3v) is 2.90. The van der Waals surface area contributed by atoms with E-state index >= 15 is 0 Å². The van der Waals surface area contributed by atoms with E-state index in [-0.39, 0.29) is 0 Å². The zero-order chi connectivity index (χ0) is 12.1.